The van der Waals surface area contributed by atoms with E-state index in [4.69, 9.17) is 18.9 Å². The number of aliphatic hydroxyl groups is 1. The zero-order chi connectivity index (χ0) is 35.5. The number of allylic oxidation sites excluding steroid dienone is 5. The van der Waals surface area contributed by atoms with Crippen LogP contribution in [0.4, 0.5) is 4.79 Å². The van der Waals surface area contributed by atoms with Crippen molar-refractivity contribution in [2.75, 3.05) is 39.6 Å². The van der Waals surface area contributed by atoms with Crippen molar-refractivity contribution in [3.8, 4) is 0 Å². The van der Waals surface area contributed by atoms with E-state index in [-0.39, 0.29) is 49.0 Å². The van der Waals surface area contributed by atoms with Gasteiger partial charge in [0.25, 0.3) is 5.24 Å². The molecule has 0 aromatic heterocycles. The van der Waals surface area contributed by atoms with Crippen molar-refractivity contribution < 1.29 is 38.4 Å². The van der Waals surface area contributed by atoms with E-state index in [9.17, 15) is 19.5 Å². The standard InChI is InChI=1S/C35H63NO8SSi2/c1-28(14-12-10-11-13-15-29(2)22-34(39)43-19-21-47(7,8)9)16-17-31(44-27-42-18-20-46(4,5)6)23-30(37)24-33(38)32-25-45-35(40)36(32)26-41-3/h10-12,14,22,28,30-32,37H,13,15-21,23-27H2,1-9H3/b11-10+,14-12-,29-22-/t28-,30?,31-,32+/m1/s1. The molecule has 1 heterocycles. The minimum Gasteiger partial charge on any atom is -0.463 e. The van der Waals surface area contributed by atoms with Crippen LogP contribution >= 0.6 is 11.8 Å². The SMILES string of the molecule is COCN1C(=O)SC[C@H]1C(=O)CC(O)C[C@@H](CC[C@H](C)/C=C\C=C\CC/C(C)=C\C(=O)OCC[Si](C)(C)C)OCOCC[Si](C)(C)C. The molecule has 12 heteroatoms. The molecule has 9 nitrogen and oxygen atoms in total. The normalized spacial score (nSPS) is 18.3. The molecule has 0 aromatic rings. The fourth-order valence-corrected chi connectivity index (χ4v) is 7.15. The molecule has 1 rings (SSSR count). The van der Waals surface area contributed by atoms with Gasteiger partial charge in [-0.1, -0.05) is 87.8 Å². The smallest absolute Gasteiger partial charge is 0.330 e. The molecule has 1 saturated heterocycles. The summed E-state index contributed by atoms with van der Waals surface area (Å²) < 4.78 is 22.3. The van der Waals surface area contributed by atoms with Gasteiger partial charge in [-0.05, 0) is 50.6 Å². The van der Waals surface area contributed by atoms with Crippen LogP contribution in [0.1, 0.15) is 52.4 Å². The highest BCUT2D eigenvalue weighted by molar-refractivity contribution is 8.13. The number of hydrogen-bond acceptors (Lipinski definition) is 9. The molecule has 0 saturated carbocycles. The third-order valence-corrected chi connectivity index (χ3v) is 12.1. The van der Waals surface area contributed by atoms with Crippen LogP contribution in [0.3, 0.4) is 0 Å². The van der Waals surface area contributed by atoms with Crippen LogP contribution in [0, 0.1) is 5.92 Å². The third-order valence-electron chi connectivity index (χ3n) is 7.77. The Morgan fingerprint density at radius 2 is 1.74 bits per heavy atom. The second-order valence-corrected chi connectivity index (χ2v) is 27.3. The first-order valence-electron chi connectivity index (χ1n) is 17.0. The number of esters is 1. The largest absolute Gasteiger partial charge is 0.463 e. The highest BCUT2D eigenvalue weighted by Crippen LogP contribution is 2.26. The Balaban J connectivity index is 2.57. The van der Waals surface area contributed by atoms with Crippen LogP contribution in [0.25, 0.3) is 0 Å². The van der Waals surface area contributed by atoms with Gasteiger partial charge >= 0.3 is 5.97 Å². The molecule has 0 spiro atoms. The summed E-state index contributed by atoms with van der Waals surface area (Å²) in [5.41, 5.74) is 1.01. The molecular weight excluding hydrogens is 651 g/mol. The third kappa shape index (κ3) is 21.9. The van der Waals surface area contributed by atoms with E-state index in [0.29, 0.717) is 31.8 Å². The minimum absolute atomic E-state index is 0.0379. The molecule has 1 N–H and O–H groups in total. The van der Waals surface area contributed by atoms with Crippen LogP contribution < -0.4 is 0 Å². The van der Waals surface area contributed by atoms with Gasteiger partial charge in [0.2, 0.25) is 0 Å². The molecule has 0 aromatic carbocycles. The molecule has 270 valence electrons. The van der Waals surface area contributed by atoms with Gasteiger partial charge in [-0.15, -0.1) is 0 Å². The van der Waals surface area contributed by atoms with Crippen molar-refractivity contribution >= 4 is 44.9 Å². The number of methoxy groups -OCH3 is 1. The molecule has 47 heavy (non-hydrogen) atoms. The first kappa shape index (κ1) is 43.5. The van der Waals surface area contributed by atoms with Gasteiger partial charge in [0.1, 0.15) is 19.6 Å². The first-order chi connectivity index (χ1) is 22.0. The Labute approximate surface area is 290 Å². The lowest BCUT2D eigenvalue weighted by Crippen LogP contribution is -2.42. The van der Waals surface area contributed by atoms with Crippen LogP contribution in [0.15, 0.2) is 36.0 Å². The maximum absolute atomic E-state index is 13.0. The first-order valence-corrected chi connectivity index (χ1v) is 25.4. The molecule has 1 amide bonds. The Hall–Kier alpha value is -1.55. The summed E-state index contributed by atoms with van der Waals surface area (Å²) in [7, 11) is -0.934. The number of hydrogen-bond donors (Lipinski definition) is 1. The molecule has 4 atom stereocenters. The number of ether oxygens (including phenoxy) is 4. The number of amides is 1. The van der Waals surface area contributed by atoms with Gasteiger partial charge < -0.3 is 24.1 Å². The molecule has 1 unspecified atom stereocenters. The second-order valence-electron chi connectivity index (χ2n) is 15.0. The monoisotopic (exact) mass is 713 g/mol. The lowest BCUT2D eigenvalue weighted by atomic mass is 9.96. The average Bonchev–Trinajstić information content (AvgIpc) is 3.31. The predicted molar refractivity (Wildman–Crippen MR) is 198 cm³/mol. The Morgan fingerprint density at radius 1 is 1.06 bits per heavy atom. The topological polar surface area (TPSA) is 112 Å². The highest BCUT2D eigenvalue weighted by atomic mass is 32.2. The van der Waals surface area contributed by atoms with Crippen molar-refractivity contribution in [2.24, 2.45) is 5.92 Å². The zero-order valence-electron chi connectivity index (χ0n) is 30.5. The lowest BCUT2D eigenvalue weighted by Gasteiger charge is -2.25. The predicted octanol–water partition coefficient (Wildman–Crippen LogP) is 7.67. The maximum atomic E-state index is 13.0. The number of thioether (sulfide) groups is 1. The van der Waals surface area contributed by atoms with E-state index < -0.39 is 28.3 Å². The molecular formula is C35H63NO8SSi2. The van der Waals surface area contributed by atoms with E-state index >= 15 is 0 Å². The summed E-state index contributed by atoms with van der Waals surface area (Å²) in [6.45, 7) is 19.2. The van der Waals surface area contributed by atoms with Crippen LogP contribution in [0.5, 0.6) is 0 Å². The molecule has 0 bridgehead atoms. The summed E-state index contributed by atoms with van der Waals surface area (Å²) in [5.74, 6) is 0.245. The summed E-state index contributed by atoms with van der Waals surface area (Å²) >= 11 is 1.10. The number of carbonyl (C=O) groups is 3. The van der Waals surface area contributed by atoms with Crippen LogP contribution in [-0.4, -0.2) is 101 Å². The van der Waals surface area contributed by atoms with Gasteiger partial charge in [-0.25, -0.2) is 4.79 Å². The minimum atomic E-state index is -1.21. The van der Waals surface area contributed by atoms with Crippen molar-refractivity contribution in [2.45, 2.75) is 122 Å². The quantitative estimate of drug-likeness (QED) is 0.0254. The molecule has 1 aliphatic heterocycles. The van der Waals surface area contributed by atoms with Gasteiger partial charge in [0, 0.05) is 54.5 Å². The fourth-order valence-electron chi connectivity index (χ4n) is 4.66. The number of aliphatic hydroxyl groups excluding tert-OH is 1. The summed E-state index contributed by atoms with van der Waals surface area (Å²) in [5, 5.41) is 10.7. The average molecular weight is 714 g/mol. The van der Waals surface area contributed by atoms with Crippen molar-refractivity contribution in [1.82, 2.24) is 4.90 Å². The van der Waals surface area contributed by atoms with Crippen LogP contribution in [-0.2, 0) is 28.5 Å². The molecule has 1 fully saturated rings. The Morgan fingerprint density at radius 3 is 2.40 bits per heavy atom. The maximum Gasteiger partial charge on any atom is 0.330 e. The van der Waals surface area contributed by atoms with Gasteiger partial charge in [0.15, 0.2) is 5.78 Å². The summed E-state index contributed by atoms with van der Waals surface area (Å²) in [6, 6.07) is 1.44. The Bertz CT molecular complexity index is 1040. The van der Waals surface area contributed by atoms with E-state index in [1.165, 1.54) is 12.0 Å². The number of ketones is 1. The van der Waals surface area contributed by atoms with E-state index in [2.05, 4.69) is 58.4 Å². The number of carbonyl (C=O) groups excluding carboxylic acids is 3. The van der Waals surface area contributed by atoms with Crippen molar-refractivity contribution in [3.63, 3.8) is 0 Å². The summed E-state index contributed by atoms with van der Waals surface area (Å²) in [4.78, 5) is 38.5. The molecule has 1 aliphatic rings. The number of nitrogens with zero attached hydrogens (tertiary/aromatic N) is 1. The van der Waals surface area contributed by atoms with Gasteiger partial charge in [0.05, 0.1) is 18.8 Å². The Kier molecular flexibility index (Phi) is 21.2. The summed E-state index contributed by atoms with van der Waals surface area (Å²) in [6.07, 6.45) is 12.3. The van der Waals surface area contributed by atoms with Crippen molar-refractivity contribution in [3.05, 3.63) is 36.0 Å². The fraction of sp³-hybridized carbons (Fsp3) is 0.743. The van der Waals surface area contributed by atoms with Gasteiger partial charge in [-0.2, -0.15) is 0 Å². The lowest BCUT2D eigenvalue weighted by molar-refractivity contribution is -0.137. The molecule has 0 radical (unpaired) electrons. The highest BCUT2D eigenvalue weighted by Gasteiger charge is 2.37. The van der Waals surface area contributed by atoms with Gasteiger partial charge in [-0.3, -0.25) is 14.5 Å². The van der Waals surface area contributed by atoms with E-state index in [0.717, 1.165) is 48.7 Å². The van der Waals surface area contributed by atoms with Crippen molar-refractivity contribution in [1.29, 1.82) is 0 Å². The van der Waals surface area contributed by atoms with E-state index in [1.807, 2.05) is 19.1 Å². The molecule has 0 aliphatic carbocycles. The zero-order valence-corrected chi connectivity index (χ0v) is 33.4. The second kappa shape index (κ2) is 23.0. The van der Waals surface area contributed by atoms with Crippen LogP contribution in [0.2, 0.25) is 51.4 Å². The van der Waals surface area contributed by atoms with E-state index in [1.54, 1.807) is 6.08 Å². The number of rotatable bonds is 25. The number of Topliss-reactive ketones (excluding diaryl/α,β-unsaturated/α-hetero) is 1.